The van der Waals surface area contributed by atoms with Gasteiger partial charge in [-0.3, -0.25) is 4.79 Å². The molecule has 140 valence electrons. The third-order valence-corrected chi connectivity index (χ3v) is 6.67. The molecule has 1 N–H and O–H groups in total. The fourth-order valence-corrected chi connectivity index (χ4v) is 5.18. The maximum Gasteiger partial charge on any atom is 0.224 e. The van der Waals surface area contributed by atoms with Gasteiger partial charge in [0.15, 0.2) is 0 Å². The van der Waals surface area contributed by atoms with Crippen LogP contribution in [-0.2, 0) is 11.2 Å². The van der Waals surface area contributed by atoms with Crippen LogP contribution in [0.5, 0.6) is 0 Å². The van der Waals surface area contributed by atoms with Crippen LogP contribution in [-0.4, -0.2) is 24.0 Å². The summed E-state index contributed by atoms with van der Waals surface area (Å²) in [6.45, 7) is 4.28. The molecule has 0 aliphatic carbocycles. The number of aromatic nitrogens is 1. The Morgan fingerprint density at radius 2 is 1.96 bits per heavy atom. The Bertz CT molecular complexity index is 894. The highest BCUT2D eigenvalue weighted by atomic mass is 32.1. The number of benzene rings is 1. The van der Waals surface area contributed by atoms with Crippen LogP contribution in [0.15, 0.2) is 41.8 Å². The Morgan fingerprint density at radius 1 is 1.19 bits per heavy atom. The van der Waals surface area contributed by atoms with Crippen molar-refractivity contribution in [2.45, 2.75) is 32.6 Å². The highest BCUT2D eigenvalue weighted by Crippen LogP contribution is 2.32. The van der Waals surface area contributed by atoms with Crippen molar-refractivity contribution in [3.05, 3.63) is 51.7 Å². The SMILES string of the molecule is Cc1nc(-c2cccs2)c(CCC(=O)Nc2ccc(N3CCCC3)cc2)s1. The number of amides is 1. The lowest BCUT2D eigenvalue weighted by Gasteiger charge is -2.17. The van der Waals surface area contributed by atoms with E-state index in [1.807, 2.05) is 25.1 Å². The largest absolute Gasteiger partial charge is 0.372 e. The molecular weight excluding hydrogens is 374 g/mol. The van der Waals surface area contributed by atoms with Crippen molar-refractivity contribution in [2.75, 3.05) is 23.3 Å². The lowest BCUT2D eigenvalue weighted by atomic mass is 10.2. The summed E-state index contributed by atoms with van der Waals surface area (Å²) in [6, 6.07) is 12.3. The van der Waals surface area contributed by atoms with Gasteiger partial charge in [-0.2, -0.15) is 0 Å². The minimum absolute atomic E-state index is 0.0482. The van der Waals surface area contributed by atoms with Crippen molar-refractivity contribution in [1.29, 1.82) is 0 Å². The number of aryl methyl sites for hydroxylation is 2. The number of thiophene rings is 1. The smallest absolute Gasteiger partial charge is 0.224 e. The van der Waals surface area contributed by atoms with Gasteiger partial charge >= 0.3 is 0 Å². The summed E-state index contributed by atoms with van der Waals surface area (Å²) in [5.74, 6) is 0.0482. The molecule has 0 spiro atoms. The average Bonchev–Trinajstić information content (AvgIpc) is 3.42. The molecule has 3 aromatic rings. The van der Waals surface area contributed by atoms with Crippen molar-refractivity contribution < 1.29 is 4.79 Å². The third-order valence-electron chi connectivity index (χ3n) is 4.76. The Morgan fingerprint density at radius 3 is 2.67 bits per heavy atom. The maximum atomic E-state index is 12.4. The Kier molecular flexibility index (Phi) is 5.55. The molecule has 1 amide bonds. The topological polar surface area (TPSA) is 45.2 Å². The maximum absolute atomic E-state index is 12.4. The van der Waals surface area contributed by atoms with E-state index in [9.17, 15) is 4.79 Å². The Labute approximate surface area is 167 Å². The molecule has 0 atom stereocenters. The highest BCUT2D eigenvalue weighted by Gasteiger charge is 2.15. The molecule has 1 aromatic carbocycles. The van der Waals surface area contributed by atoms with Gasteiger partial charge < -0.3 is 10.2 Å². The molecule has 4 nitrogen and oxygen atoms in total. The van der Waals surface area contributed by atoms with Crippen molar-refractivity contribution >= 4 is 40.0 Å². The molecule has 0 unspecified atom stereocenters. The molecule has 0 radical (unpaired) electrons. The minimum Gasteiger partial charge on any atom is -0.372 e. The molecule has 1 aliphatic heterocycles. The first-order valence-corrected chi connectivity index (χ1v) is 11.0. The predicted molar refractivity (Wildman–Crippen MR) is 115 cm³/mol. The number of hydrogen-bond donors (Lipinski definition) is 1. The number of carbonyl (C=O) groups excluding carboxylic acids is 1. The molecule has 0 saturated carbocycles. The number of nitrogens with zero attached hydrogens (tertiary/aromatic N) is 2. The van der Waals surface area contributed by atoms with Crippen molar-refractivity contribution in [3.8, 4) is 10.6 Å². The second kappa shape index (κ2) is 8.23. The zero-order valence-electron chi connectivity index (χ0n) is 15.4. The lowest BCUT2D eigenvalue weighted by molar-refractivity contribution is -0.116. The van der Waals surface area contributed by atoms with Gasteiger partial charge in [0.2, 0.25) is 5.91 Å². The zero-order valence-corrected chi connectivity index (χ0v) is 17.0. The van der Waals surface area contributed by atoms with E-state index < -0.39 is 0 Å². The fourth-order valence-electron chi connectivity index (χ4n) is 3.43. The molecule has 2 aromatic heterocycles. The normalized spacial score (nSPS) is 13.9. The predicted octanol–water partition coefficient (Wildman–Crippen LogP) is 5.35. The molecular formula is C21H23N3OS2. The number of hydrogen-bond acceptors (Lipinski definition) is 5. The van der Waals surface area contributed by atoms with Crippen LogP contribution in [0.3, 0.4) is 0 Å². The van der Waals surface area contributed by atoms with Crippen LogP contribution in [0.25, 0.3) is 10.6 Å². The van der Waals surface area contributed by atoms with Gasteiger partial charge in [0.25, 0.3) is 0 Å². The second-order valence-corrected chi connectivity index (χ2v) is 9.01. The third kappa shape index (κ3) is 4.39. The van der Waals surface area contributed by atoms with Crippen LogP contribution in [0.4, 0.5) is 11.4 Å². The molecule has 1 saturated heterocycles. The number of carbonyl (C=O) groups is 1. The van der Waals surface area contributed by atoms with Crippen molar-refractivity contribution in [2.24, 2.45) is 0 Å². The summed E-state index contributed by atoms with van der Waals surface area (Å²) in [6.07, 6.45) is 3.72. The number of thiazole rings is 1. The molecule has 1 fully saturated rings. The quantitative estimate of drug-likeness (QED) is 0.610. The number of nitrogens with one attached hydrogen (secondary N) is 1. The van der Waals surface area contributed by atoms with Gasteiger partial charge in [-0.25, -0.2) is 4.98 Å². The van der Waals surface area contributed by atoms with E-state index in [4.69, 9.17) is 0 Å². The summed E-state index contributed by atoms with van der Waals surface area (Å²) < 4.78 is 0. The first-order valence-electron chi connectivity index (χ1n) is 9.34. The van der Waals surface area contributed by atoms with Gasteiger partial charge in [0.05, 0.1) is 15.6 Å². The Balaban J connectivity index is 1.35. The summed E-state index contributed by atoms with van der Waals surface area (Å²) in [4.78, 5) is 21.8. The fraction of sp³-hybridized carbons (Fsp3) is 0.333. The van der Waals surface area contributed by atoms with Gasteiger partial charge in [-0.05, 0) is 61.9 Å². The van der Waals surface area contributed by atoms with E-state index in [0.717, 1.165) is 35.9 Å². The first kappa shape index (κ1) is 18.2. The molecule has 0 bridgehead atoms. The summed E-state index contributed by atoms with van der Waals surface area (Å²) in [5, 5.41) is 6.13. The van der Waals surface area contributed by atoms with Gasteiger partial charge in [0.1, 0.15) is 0 Å². The summed E-state index contributed by atoms with van der Waals surface area (Å²) in [7, 11) is 0. The van der Waals surface area contributed by atoms with E-state index in [1.165, 1.54) is 28.3 Å². The molecule has 4 rings (SSSR count). The van der Waals surface area contributed by atoms with Gasteiger partial charge in [0, 0.05) is 35.8 Å². The van der Waals surface area contributed by atoms with E-state index in [2.05, 4.69) is 38.8 Å². The van der Waals surface area contributed by atoms with Crippen LogP contribution in [0.1, 0.15) is 29.1 Å². The van der Waals surface area contributed by atoms with Crippen LogP contribution >= 0.6 is 22.7 Å². The van der Waals surface area contributed by atoms with Crippen molar-refractivity contribution in [1.82, 2.24) is 4.98 Å². The van der Waals surface area contributed by atoms with E-state index in [1.54, 1.807) is 22.7 Å². The monoisotopic (exact) mass is 397 g/mol. The Hall–Kier alpha value is -2.18. The molecule has 27 heavy (non-hydrogen) atoms. The van der Waals surface area contributed by atoms with Crippen molar-refractivity contribution in [3.63, 3.8) is 0 Å². The summed E-state index contributed by atoms with van der Waals surface area (Å²) in [5.41, 5.74) is 3.14. The summed E-state index contributed by atoms with van der Waals surface area (Å²) >= 11 is 3.38. The van der Waals surface area contributed by atoms with Crippen LogP contribution in [0, 0.1) is 6.92 Å². The minimum atomic E-state index is 0.0482. The van der Waals surface area contributed by atoms with E-state index in [0.29, 0.717) is 6.42 Å². The molecule has 6 heteroatoms. The zero-order chi connectivity index (χ0) is 18.6. The highest BCUT2D eigenvalue weighted by molar-refractivity contribution is 7.15. The van der Waals surface area contributed by atoms with E-state index in [-0.39, 0.29) is 5.91 Å². The number of rotatable bonds is 6. The number of anilines is 2. The van der Waals surface area contributed by atoms with Crippen LogP contribution in [0.2, 0.25) is 0 Å². The molecule has 3 heterocycles. The van der Waals surface area contributed by atoms with E-state index >= 15 is 0 Å². The first-order chi connectivity index (χ1) is 13.2. The molecule has 1 aliphatic rings. The van der Waals surface area contributed by atoms with Gasteiger partial charge in [-0.15, -0.1) is 22.7 Å². The van der Waals surface area contributed by atoms with Gasteiger partial charge in [-0.1, -0.05) is 6.07 Å². The van der Waals surface area contributed by atoms with Crippen LogP contribution < -0.4 is 10.2 Å². The average molecular weight is 398 g/mol. The lowest BCUT2D eigenvalue weighted by Crippen LogP contribution is -2.17. The second-order valence-electron chi connectivity index (χ2n) is 6.77. The standard InChI is InChI=1S/C21H23N3OS2/c1-15-22-21(18-5-4-14-26-18)19(27-15)10-11-20(25)23-16-6-8-17(9-7-16)24-12-2-3-13-24/h4-9,14H,2-3,10-13H2,1H3,(H,23,25).